The number of benzene rings is 2. The Morgan fingerprint density at radius 3 is 1.19 bits per heavy atom. The third-order valence-electron chi connectivity index (χ3n) is 2.24. The van der Waals surface area contributed by atoms with Crippen molar-refractivity contribution in [2.45, 2.75) is 20.8 Å². The molecule has 0 amide bonds. The number of aromatic hydroxyl groups is 2. The minimum absolute atomic E-state index is 0.0764. The second-order valence-electron chi connectivity index (χ2n) is 4.64. The van der Waals surface area contributed by atoms with Crippen LogP contribution in [0.4, 0.5) is 0 Å². The summed E-state index contributed by atoms with van der Waals surface area (Å²) in [6.07, 6.45) is 0. The monoisotopic (exact) mass is 364 g/mol. The van der Waals surface area contributed by atoms with Gasteiger partial charge in [-0.3, -0.25) is 14.4 Å². The van der Waals surface area contributed by atoms with Crippen LogP contribution in [0, 0.1) is 0 Å². The molecule has 0 spiro atoms. The molecule has 0 aromatic heterocycles. The Morgan fingerprint density at radius 1 is 0.692 bits per heavy atom. The average molecular weight is 364 g/mol. The van der Waals surface area contributed by atoms with Crippen LogP contribution in [-0.2, 0) is 14.4 Å². The third-order valence-corrected chi connectivity index (χ3v) is 2.24. The molecule has 0 saturated heterocycles. The van der Waals surface area contributed by atoms with Gasteiger partial charge in [-0.05, 0) is 24.3 Å². The molecule has 0 saturated carbocycles. The summed E-state index contributed by atoms with van der Waals surface area (Å²) in [6.45, 7) is 3.65. The van der Waals surface area contributed by atoms with Gasteiger partial charge in [0.2, 0.25) is 0 Å². The lowest BCUT2D eigenvalue weighted by atomic mass is 10.3. The van der Waals surface area contributed by atoms with Crippen LogP contribution in [0.5, 0.6) is 23.0 Å². The van der Waals surface area contributed by atoms with Crippen LogP contribution in [0.2, 0.25) is 0 Å². The van der Waals surface area contributed by atoms with E-state index in [1.165, 1.54) is 26.0 Å². The fourth-order valence-corrected chi connectivity index (χ4v) is 1.39. The molecular formula is C18H20O8. The number of rotatable bonds is 2. The van der Waals surface area contributed by atoms with E-state index in [2.05, 4.69) is 0 Å². The standard InChI is InChI=1S/C10H10O4.C6H6O2.C2H4O2/c1-7(11)13-9-5-3-4-6-10(9)14-8(2)12;7-5-3-1-2-4-6(5)8;1-2(3)4/h3-6H,1-2H3;1-4,7-8H;1H3,(H,3,4). The van der Waals surface area contributed by atoms with Crippen LogP contribution < -0.4 is 9.47 Å². The Balaban J connectivity index is 0.000000437. The molecule has 0 atom stereocenters. The molecule has 2 rings (SSSR count). The smallest absolute Gasteiger partial charge is 0.308 e. The Bertz CT molecular complexity index is 679. The van der Waals surface area contributed by atoms with Crippen molar-refractivity contribution in [1.29, 1.82) is 0 Å². The van der Waals surface area contributed by atoms with E-state index in [-0.39, 0.29) is 23.0 Å². The van der Waals surface area contributed by atoms with Gasteiger partial charge in [-0.1, -0.05) is 24.3 Å². The normalized spacial score (nSPS) is 8.73. The molecular weight excluding hydrogens is 344 g/mol. The van der Waals surface area contributed by atoms with Crippen molar-refractivity contribution in [2.24, 2.45) is 0 Å². The molecule has 0 aliphatic rings. The Kier molecular flexibility index (Phi) is 10.3. The van der Waals surface area contributed by atoms with Crippen molar-refractivity contribution in [2.75, 3.05) is 0 Å². The maximum Gasteiger partial charge on any atom is 0.308 e. The molecule has 0 aliphatic heterocycles. The predicted octanol–water partition coefficient (Wildman–Crippen LogP) is 2.73. The predicted molar refractivity (Wildman–Crippen MR) is 92.1 cm³/mol. The molecule has 0 heterocycles. The summed E-state index contributed by atoms with van der Waals surface area (Å²) in [6, 6.07) is 12.6. The fourth-order valence-electron chi connectivity index (χ4n) is 1.39. The summed E-state index contributed by atoms with van der Waals surface area (Å²) in [5.41, 5.74) is 0. The number of phenols is 2. The zero-order valence-electron chi connectivity index (χ0n) is 14.5. The topological polar surface area (TPSA) is 130 Å². The maximum atomic E-state index is 10.7. The molecule has 8 nitrogen and oxygen atoms in total. The van der Waals surface area contributed by atoms with E-state index in [4.69, 9.17) is 29.6 Å². The molecule has 3 N–H and O–H groups in total. The van der Waals surface area contributed by atoms with Gasteiger partial charge in [-0.15, -0.1) is 0 Å². The van der Waals surface area contributed by atoms with Gasteiger partial charge in [-0.25, -0.2) is 0 Å². The highest BCUT2D eigenvalue weighted by atomic mass is 16.6. The number of carboxylic acids is 1. The van der Waals surface area contributed by atoms with E-state index in [1.54, 1.807) is 36.4 Å². The summed E-state index contributed by atoms with van der Waals surface area (Å²) in [4.78, 5) is 30.4. The number of carbonyl (C=O) groups is 3. The average Bonchev–Trinajstić information content (AvgIpc) is 2.51. The summed E-state index contributed by atoms with van der Waals surface area (Å²) in [7, 11) is 0. The SMILES string of the molecule is CC(=O)O.CC(=O)Oc1ccccc1OC(C)=O.Oc1ccccc1O. The number of ether oxygens (including phenoxy) is 2. The lowest BCUT2D eigenvalue weighted by molar-refractivity contribution is -0.134. The van der Waals surface area contributed by atoms with Crippen molar-refractivity contribution < 1.29 is 39.2 Å². The first-order valence-electron chi connectivity index (χ1n) is 7.25. The zero-order chi connectivity index (χ0) is 20.1. The van der Waals surface area contributed by atoms with E-state index < -0.39 is 17.9 Å². The highest BCUT2D eigenvalue weighted by molar-refractivity contribution is 5.73. The van der Waals surface area contributed by atoms with Gasteiger partial charge in [0.25, 0.3) is 5.97 Å². The quantitative estimate of drug-likeness (QED) is 0.421. The molecule has 0 unspecified atom stereocenters. The molecule has 0 fully saturated rings. The summed E-state index contributed by atoms with van der Waals surface area (Å²) in [5.74, 6) is -1.40. The number of esters is 2. The largest absolute Gasteiger partial charge is 0.504 e. The van der Waals surface area contributed by atoms with Gasteiger partial charge in [0, 0.05) is 20.8 Å². The van der Waals surface area contributed by atoms with Crippen molar-refractivity contribution in [1.82, 2.24) is 0 Å². The highest BCUT2D eigenvalue weighted by Crippen LogP contribution is 2.26. The number of aliphatic carboxylic acids is 1. The van der Waals surface area contributed by atoms with Crippen LogP contribution in [0.1, 0.15) is 20.8 Å². The van der Waals surface area contributed by atoms with E-state index in [9.17, 15) is 9.59 Å². The van der Waals surface area contributed by atoms with Crippen LogP contribution in [0.25, 0.3) is 0 Å². The molecule has 2 aromatic carbocycles. The van der Waals surface area contributed by atoms with Crippen LogP contribution in [0.3, 0.4) is 0 Å². The van der Waals surface area contributed by atoms with Gasteiger partial charge in [0.15, 0.2) is 23.0 Å². The first-order valence-corrected chi connectivity index (χ1v) is 7.25. The first kappa shape index (κ1) is 22.4. The van der Waals surface area contributed by atoms with Crippen LogP contribution in [-0.4, -0.2) is 33.2 Å². The van der Waals surface area contributed by atoms with Gasteiger partial charge in [0.05, 0.1) is 0 Å². The van der Waals surface area contributed by atoms with Crippen LogP contribution in [0.15, 0.2) is 48.5 Å². The Labute approximate surface area is 150 Å². The van der Waals surface area contributed by atoms with Crippen molar-refractivity contribution in [3.8, 4) is 23.0 Å². The number of para-hydroxylation sites is 4. The van der Waals surface area contributed by atoms with Crippen molar-refractivity contribution >= 4 is 17.9 Å². The van der Waals surface area contributed by atoms with E-state index in [0.29, 0.717) is 0 Å². The van der Waals surface area contributed by atoms with Crippen LogP contribution >= 0.6 is 0 Å². The van der Waals surface area contributed by atoms with Gasteiger partial charge in [0.1, 0.15) is 0 Å². The number of carbonyl (C=O) groups excluding carboxylic acids is 2. The second-order valence-corrected chi connectivity index (χ2v) is 4.64. The molecule has 26 heavy (non-hydrogen) atoms. The number of hydrogen-bond acceptors (Lipinski definition) is 7. The summed E-state index contributed by atoms with van der Waals surface area (Å²) >= 11 is 0. The number of phenolic OH excluding ortho intramolecular Hbond substituents is 2. The summed E-state index contributed by atoms with van der Waals surface area (Å²) < 4.78 is 9.66. The molecule has 0 aliphatic carbocycles. The molecule has 8 heteroatoms. The Hall–Kier alpha value is -3.55. The maximum absolute atomic E-state index is 10.7. The minimum atomic E-state index is -0.833. The number of hydrogen-bond donors (Lipinski definition) is 3. The summed E-state index contributed by atoms with van der Waals surface area (Å²) in [5, 5.41) is 24.8. The zero-order valence-corrected chi connectivity index (χ0v) is 14.5. The fraction of sp³-hybridized carbons (Fsp3) is 0.167. The van der Waals surface area contributed by atoms with Crippen molar-refractivity contribution in [3.63, 3.8) is 0 Å². The third kappa shape index (κ3) is 11.1. The Morgan fingerprint density at radius 2 is 0.962 bits per heavy atom. The van der Waals surface area contributed by atoms with E-state index in [0.717, 1.165) is 6.92 Å². The van der Waals surface area contributed by atoms with Gasteiger partial charge >= 0.3 is 11.9 Å². The van der Waals surface area contributed by atoms with Gasteiger partial charge in [-0.2, -0.15) is 0 Å². The first-order chi connectivity index (χ1) is 12.1. The molecule has 0 bridgehead atoms. The second kappa shape index (κ2) is 11.9. The molecule has 0 radical (unpaired) electrons. The van der Waals surface area contributed by atoms with Crippen molar-refractivity contribution in [3.05, 3.63) is 48.5 Å². The number of carboxylic acid groups (broad SMARTS) is 1. The van der Waals surface area contributed by atoms with E-state index in [1.807, 2.05) is 0 Å². The highest BCUT2D eigenvalue weighted by Gasteiger charge is 2.07. The molecule has 2 aromatic rings. The van der Waals surface area contributed by atoms with E-state index >= 15 is 0 Å². The van der Waals surface area contributed by atoms with Gasteiger partial charge < -0.3 is 24.8 Å². The lowest BCUT2D eigenvalue weighted by Gasteiger charge is -2.06. The lowest BCUT2D eigenvalue weighted by Crippen LogP contribution is -2.06. The minimum Gasteiger partial charge on any atom is -0.504 e. The molecule has 140 valence electrons.